The van der Waals surface area contributed by atoms with Gasteiger partial charge in [0.05, 0.1) is 18.1 Å². The van der Waals surface area contributed by atoms with Gasteiger partial charge in [-0.15, -0.1) is 11.3 Å². The van der Waals surface area contributed by atoms with Crippen molar-refractivity contribution in [2.45, 2.75) is 6.54 Å². The minimum atomic E-state index is -1.01. The maximum Gasteiger partial charge on any atom is 0.317 e. The maximum atomic E-state index is 11.0. The summed E-state index contributed by atoms with van der Waals surface area (Å²) in [5.74, 6) is -1.58. The van der Waals surface area contributed by atoms with E-state index in [1.54, 1.807) is 0 Å². The van der Waals surface area contributed by atoms with Crippen LogP contribution >= 0.6 is 22.9 Å². The summed E-state index contributed by atoms with van der Waals surface area (Å²) < 4.78 is 1.03. The molecular formula is C13H13ClN2O3S. The quantitative estimate of drug-likeness (QED) is 0.853. The molecule has 0 radical (unpaired) electrons. The molecule has 20 heavy (non-hydrogen) atoms. The number of primary amides is 1. The number of carboxylic acids is 1. The van der Waals surface area contributed by atoms with Crippen molar-refractivity contribution in [3.8, 4) is 0 Å². The number of hydrogen-bond acceptors (Lipinski definition) is 4. The third kappa shape index (κ3) is 3.47. The summed E-state index contributed by atoms with van der Waals surface area (Å²) >= 11 is 7.78. The number of nitrogens with two attached hydrogens (primary N) is 1. The second-order valence-electron chi connectivity index (χ2n) is 4.34. The van der Waals surface area contributed by atoms with E-state index in [0.717, 1.165) is 15.0 Å². The van der Waals surface area contributed by atoms with Gasteiger partial charge in [0, 0.05) is 21.5 Å². The monoisotopic (exact) mass is 312 g/mol. The first-order valence-electron chi connectivity index (χ1n) is 5.85. The second-order valence-corrected chi connectivity index (χ2v) is 5.86. The smallest absolute Gasteiger partial charge is 0.317 e. The number of hydrogen-bond donors (Lipinski definition) is 2. The third-order valence-electron chi connectivity index (χ3n) is 2.71. The van der Waals surface area contributed by atoms with E-state index in [-0.39, 0.29) is 19.6 Å². The number of fused-ring (bicyclic) bond motifs is 1. The summed E-state index contributed by atoms with van der Waals surface area (Å²) in [7, 11) is 0. The van der Waals surface area contributed by atoms with Gasteiger partial charge in [0.25, 0.3) is 0 Å². The highest BCUT2D eigenvalue weighted by molar-refractivity contribution is 7.19. The van der Waals surface area contributed by atoms with Crippen molar-refractivity contribution >= 4 is 44.9 Å². The first-order valence-corrected chi connectivity index (χ1v) is 7.05. The van der Waals surface area contributed by atoms with Gasteiger partial charge in [0.1, 0.15) is 0 Å². The van der Waals surface area contributed by atoms with Gasteiger partial charge < -0.3 is 10.8 Å². The lowest BCUT2D eigenvalue weighted by molar-refractivity contribution is -0.138. The van der Waals surface area contributed by atoms with E-state index in [1.807, 2.05) is 24.3 Å². The van der Waals surface area contributed by atoms with E-state index in [2.05, 4.69) is 0 Å². The van der Waals surface area contributed by atoms with Crippen molar-refractivity contribution < 1.29 is 14.7 Å². The summed E-state index contributed by atoms with van der Waals surface area (Å²) in [6.45, 7) is -0.0855. The van der Waals surface area contributed by atoms with Gasteiger partial charge in [0.2, 0.25) is 5.91 Å². The lowest BCUT2D eigenvalue weighted by Gasteiger charge is -2.17. The molecule has 0 aliphatic heterocycles. The van der Waals surface area contributed by atoms with Gasteiger partial charge in [-0.3, -0.25) is 14.5 Å². The van der Waals surface area contributed by atoms with Crippen molar-refractivity contribution in [1.29, 1.82) is 0 Å². The van der Waals surface area contributed by atoms with Crippen LogP contribution in [0.15, 0.2) is 24.3 Å². The number of aliphatic carboxylic acids is 1. The van der Waals surface area contributed by atoms with E-state index < -0.39 is 11.9 Å². The average Bonchev–Trinajstić information content (AvgIpc) is 2.65. The standard InChI is InChI=1S/C13H13ClN2O3S/c14-13-8-3-1-2-4-9(8)20-10(13)5-16(6-11(15)17)7-12(18)19/h1-4H,5-7H2,(H2,15,17)(H,18,19). The normalized spacial score (nSPS) is 11.1. The zero-order chi connectivity index (χ0) is 14.7. The molecule has 1 heterocycles. The van der Waals surface area contributed by atoms with Crippen LogP contribution in [0.4, 0.5) is 0 Å². The van der Waals surface area contributed by atoms with Gasteiger partial charge in [0.15, 0.2) is 0 Å². The number of amides is 1. The Morgan fingerprint density at radius 3 is 2.60 bits per heavy atom. The van der Waals surface area contributed by atoms with Gasteiger partial charge >= 0.3 is 5.97 Å². The molecule has 3 N–H and O–H groups in total. The van der Waals surface area contributed by atoms with E-state index >= 15 is 0 Å². The third-order valence-corrected chi connectivity index (χ3v) is 4.41. The summed E-state index contributed by atoms with van der Waals surface area (Å²) in [6.07, 6.45) is 0. The molecule has 0 aliphatic carbocycles. The number of nitrogens with zero attached hydrogens (tertiary/aromatic N) is 1. The van der Waals surface area contributed by atoms with Crippen LogP contribution in [-0.2, 0) is 16.1 Å². The highest BCUT2D eigenvalue weighted by Gasteiger charge is 2.17. The van der Waals surface area contributed by atoms with Crippen molar-refractivity contribution in [3.63, 3.8) is 0 Å². The Balaban J connectivity index is 2.25. The van der Waals surface area contributed by atoms with Crippen LogP contribution in [0, 0.1) is 0 Å². The molecule has 0 bridgehead atoms. The average molecular weight is 313 g/mol. The molecule has 0 atom stereocenters. The molecule has 7 heteroatoms. The number of halogens is 1. The number of rotatable bonds is 6. The van der Waals surface area contributed by atoms with Gasteiger partial charge in [-0.25, -0.2) is 0 Å². The number of carbonyl (C=O) groups is 2. The first-order chi connectivity index (χ1) is 9.47. The lowest BCUT2D eigenvalue weighted by Crippen LogP contribution is -2.36. The van der Waals surface area contributed by atoms with Crippen molar-refractivity contribution in [3.05, 3.63) is 34.2 Å². The van der Waals surface area contributed by atoms with Crippen LogP contribution in [-0.4, -0.2) is 35.0 Å². The van der Waals surface area contributed by atoms with E-state index in [4.69, 9.17) is 22.4 Å². The SMILES string of the molecule is NC(=O)CN(CC(=O)O)Cc1sc2ccccc2c1Cl. The number of benzene rings is 1. The summed E-state index contributed by atoms with van der Waals surface area (Å²) in [4.78, 5) is 24.1. The second kappa shape index (κ2) is 6.21. The van der Waals surface area contributed by atoms with Crippen LogP contribution in [0.25, 0.3) is 10.1 Å². The predicted molar refractivity (Wildman–Crippen MR) is 78.9 cm³/mol. The topological polar surface area (TPSA) is 83.6 Å². The molecule has 0 saturated heterocycles. The molecule has 106 valence electrons. The van der Waals surface area contributed by atoms with Crippen LogP contribution in [0.5, 0.6) is 0 Å². The Labute approximate surface area is 124 Å². The molecule has 1 amide bonds. The van der Waals surface area contributed by atoms with Crippen molar-refractivity contribution in [2.24, 2.45) is 5.73 Å². The lowest BCUT2D eigenvalue weighted by atomic mass is 10.2. The van der Waals surface area contributed by atoms with E-state index in [9.17, 15) is 9.59 Å². The van der Waals surface area contributed by atoms with E-state index in [0.29, 0.717) is 5.02 Å². The van der Waals surface area contributed by atoms with Crippen molar-refractivity contribution in [2.75, 3.05) is 13.1 Å². The first kappa shape index (κ1) is 14.8. The maximum absolute atomic E-state index is 11.0. The van der Waals surface area contributed by atoms with Gasteiger partial charge in [-0.1, -0.05) is 29.8 Å². The van der Waals surface area contributed by atoms with Crippen LogP contribution in [0.1, 0.15) is 4.88 Å². The number of carboxylic acid groups (broad SMARTS) is 1. The highest BCUT2D eigenvalue weighted by Crippen LogP contribution is 2.35. The molecular weight excluding hydrogens is 300 g/mol. The molecule has 0 unspecified atom stereocenters. The Bertz CT molecular complexity index is 640. The predicted octanol–water partition coefficient (Wildman–Crippen LogP) is 1.93. The molecule has 2 rings (SSSR count). The number of thiophene rings is 1. The Hall–Kier alpha value is -1.63. The summed E-state index contributed by atoms with van der Waals surface area (Å²) in [5, 5.41) is 10.4. The summed E-state index contributed by atoms with van der Waals surface area (Å²) in [6, 6.07) is 7.67. The zero-order valence-corrected chi connectivity index (χ0v) is 12.1. The van der Waals surface area contributed by atoms with Crippen LogP contribution in [0.2, 0.25) is 5.02 Å². The van der Waals surface area contributed by atoms with Crippen LogP contribution in [0.3, 0.4) is 0 Å². The number of carbonyl (C=O) groups excluding carboxylic acids is 1. The minimum Gasteiger partial charge on any atom is -0.480 e. The molecule has 0 saturated carbocycles. The highest BCUT2D eigenvalue weighted by atomic mass is 35.5. The van der Waals surface area contributed by atoms with E-state index in [1.165, 1.54) is 16.2 Å². The molecule has 0 aliphatic rings. The Morgan fingerprint density at radius 1 is 1.30 bits per heavy atom. The molecule has 0 fully saturated rings. The van der Waals surface area contributed by atoms with Crippen LogP contribution < -0.4 is 5.73 Å². The summed E-state index contributed by atoms with van der Waals surface area (Å²) in [5.41, 5.74) is 5.13. The Kier molecular flexibility index (Phi) is 4.59. The van der Waals surface area contributed by atoms with Crippen molar-refractivity contribution in [1.82, 2.24) is 4.90 Å². The zero-order valence-electron chi connectivity index (χ0n) is 10.5. The fourth-order valence-corrected chi connectivity index (χ4v) is 3.48. The fraction of sp³-hybridized carbons (Fsp3) is 0.231. The molecule has 2 aromatic rings. The fourth-order valence-electron chi connectivity index (χ4n) is 1.95. The minimum absolute atomic E-state index is 0.114. The molecule has 0 spiro atoms. The van der Waals surface area contributed by atoms with Gasteiger partial charge in [-0.2, -0.15) is 0 Å². The molecule has 1 aromatic heterocycles. The molecule has 5 nitrogen and oxygen atoms in total. The Morgan fingerprint density at radius 2 is 2.00 bits per heavy atom. The molecule has 1 aromatic carbocycles. The largest absolute Gasteiger partial charge is 0.480 e. The van der Waals surface area contributed by atoms with Gasteiger partial charge in [-0.05, 0) is 6.07 Å².